The number of hydrogen-bond acceptors (Lipinski definition) is 7. The van der Waals surface area contributed by atoms with Crippen molar-refractivity contribution in [1.82, 2.24) is 24.7 Å². The summed E-state index contributed by atoms with van der Waals surface area (Å²) in [5.41, 5.74) is 3.39. The summed E-state index contributed by atoms with van der Waals surface area (Å²) in [5.74, 6) is 6.52. The van der Waals surface area contributed by atoms with E-state index in [4.69, 9.17) is 5.84 Å². The Hall–Kier alpha value is -1.67. The van der Waals surface area contributed by atoms with E-state index in [1.807, 2.05) is 25.5 Å². The molecule has 0 aliphatic heterocycles. The average Bonchev–Trinajstić information content (AvgIpc) is 2.64. The molecular formula is C9H13N7S. The van der Waals surface area contributed by atoms with Gasteiger partial charge in [0.15, 0.2) is 5.16 Å². The molecule has 0 atom stereocenters. The van der Waals surface area contributed by atoms with E-state index in [0.29, 0.717) is 5.95 Å². The van der Waals surface area contributed by atoms with E-state index in [-0.39, 0.29) is 0 Å². The fourth-order valence-electron chi connectivity index (χ4n) is 1.16. The van der Waals surface area contributed by atoms with E-state index >= 15 is 0 Å². The molecule has 0 saturated heterocycles. The largest absolute Gasteiger partial charge is 0.309 e. The number of nitrogens with one attached hydrogen (secondary N) is 1. The van der Waals surface area contributed by atoms with Crippen LogP contribution in [0.15, 0.2) is 16.4 Å². The molecule has 0 unspecified atom stereocenters. The number of hydrazine groups is 1. The van der Waals surface area contributed by atoms with Crippen molar-refractivity contribution in [1.29, 1.82) is 0 Å². The summed E-state index contributed by atoms with van der Waals surface area (Å²) in [4.78, 5) is 8.29. The number of hydrogen-bond donors (Lipinski definition) is 2. The lowest BCUT2D eigenvalue weighted by Gasteiger charge is -2.05. The Morgan fingerprint density at radius 2 is 2.12 bits per heavy atom. The van der Waals surface area contributed by atoms with Crippen LogP contribution in [0.1, 0.15) is 11.4 Å². The van der Waals surface area contributed by atoms with Crippen molar-refractivity contribution in [2.45, 2.75) is 24.0 Å². The standard InChI is InChI=1S/C9H13N7S/c1-5-4-11-8(13-10)12-7(5)17-9-15-14-6(2)16(9)3/h4H,10H2,1-3H3,(H,11,12,13). The molecule has 2 heterocycles. The number of nitrogens with two attached hydrogens (primary N) is 1. The van der Waals surface area contributed by atoms with Crippen LogP contribution < -0.4 is 11.3 Å². The Morgan fingerprint density at radius 3 is 2.71 bits per heavy atom. The van der Waals surface area contributed by atoms with E-state index < -0.39 is 0 Å². The second-order valence-electron chi connectivity index (χ2n) is 3.52. The van der Waals surface area contributed by atoms with Crippen molar-refractivity contribution < 1.29 is 0 Å². The lowest BCUT2D eigenvalue weighted by Crippen LogP contribution is -2.11. The summed E-state index contributed by atoms with van der Waals surface area (Å²) >= 11 is 1.43. The third-order valence-corrected chi connectivity index (χ3v) is 3.44. The number of aromatic nitrogens is 5. The van der Waals surface area contributed by atoms with Gasteiger partial charge >= 0.3 is 0 Å². The molecule has 8 heteroatoms. The number of anilines is 1. The lowest BCUT2D eigenvalue weighted by molar-refractivity contribution is 0.764. The van der Waals surface area contributed by atoms with Crippen molar-refractivity contribution >= 4 is 17.7 Å². The first kappa shape index (κ1) is 11.8. The zero-order valence-electron chi connectivity index (χ0n) is 9.80. The maximum atomic E-state index is 5.28. The summed E-state index contributed by atoms with van der Waals surface area (Å²) in [6.45, 7) is 3.84. The first-order valence-electron chi connectivity index (χ1n) is 4.96. The molecule has 0 aliphatic carbocycles. The van der Waals surface area contributed by atoms with Gasteiger partial charge in [-0.3, -0.25) is 5.43 Å². The molecule has 3 N–H and O–H groups in total. The van der Waals surface area contributed by atoms with Gasteiger partial charge in [-0.25, -0.2) is 15.8 Å². The van der Waals surface area contributed by atoms with Crippen molar-refractivity contribution in [2.24, 2.45) is 12.9 Å². The van der Waals surface area contributed by atoms with Crippen molar-refractivity contribution in [3.05, 3.63) is 17.6 Å². The van der Waals surface area contributed by atoms with Crippen LogP contribution >= 0.6 is 11.8 Å². The molecule has 90 valence electrons. The molecule has 0 aromatic carbocycles. The maximum absolute atomic E-state index is 5.28. The summed E-state index contributed by atoms with van der Waals surface area (Å²) < 4.78 is 1.90. The lowest BCUT2D eigenvalue weighted by atomic mass is 10.4. The van der Waals surface area contributed by atoms with Crippen molar-refractivity contribution in [3.8, 4) is 0 Å². The van der Waals surface area contributed by atoms with Crippen LogP contribution in [0.2, 0.25) is 0 Å². The summed E-state index contributed by atoms with van der Waals surface area (Å²) in [7, 11) is 1.91. The molecule has 0 radical (unpaired) electrons. The molecule has 0 amide bonds. The Labute approximate surface area is 103 Å². The smallest absolute Gasteiger partial charge is 0.238 e. The van der Waals surface area contributed by atoms with E-state index in [1.54, 1.807) is 6.20 Å². The van der Waals surface area contributed by atoms with Gasteiger partial charge in [-0.2, -0.15) is 0 Å². The molecule has 7 nitrogen and oxygen atoms in total. The molecule has 0 fully saturated rings. The van der Waals surface area contributed by atoms with Gasteiger partial charge in [-0.15, -0.1) is 10.2 Å². The minimum absolute atomic E-state index is 0.386. The predicted molar refractivity (Wildman–Crippen MR) is 64.4 cm³/mol. The highest BCUT2D eigenvalue weighted by molar-refractivity contribution is 7.99. The normalized spacial score (nSPS) is 10.6. The van der Waals surface area contributed by atoms with Gasteiger partial charge in [0, 0.05) is 18.8 Å². The van der Waals surface area contributed by atoms with E-state index in [9.17, 15) is 0 Å². The highest BCUT2D eigenvalue weighted by atomic mass is 32.2. The fourth-order valence-corrected chi connectivity index (χ4v) is 2.03. The van der Waals surface area contributed by atoms with Gasteiger partial charge < -0.3 is 4.57 Å². The zero-order valence-corrected chi connectivity index (χ0v) is 10.6. The second kappa shape index (κ2) is 4.68. The van der Waals surface area contributed by atoms with Crippen LogP contribution in [0.3, 0.4) is 0 Å². The second-order valence-corrected chi connectivity index (χ2v) is 4.47. The van der Waals surface area contributed by atoms with Gasteiger partial charge in [0.1, 0.15) is 10.9 Å². The van der Waals surface area contributed by atoms with Crippen LogP contribution in [0.5, 0.6) is 0 Å². The monoisotopic (exact) mass is 251 g/mol. The topological polar surface area (TPSA) is 94.5 Å². The van der Waals surface area contributed by atoms with Crippen LogP contribution in [0.4, 0.5) is 5.95 Å². The predicted octanol–water partition coefficient (Wildman–Crippen LogP) is 0.659. The van der Waals surface area contributed by atoms with Gasteiger partial charge in [0.2, 0.25) is 5.95 Å². The SMILES string of the molecule is Cc1cnc(NN)nc1Sc1nnc(C)n1C. The molecule has 0 spiro atoms. The first-order chi connectivity index (χ1) is 8.11. The molecule has 2 aromatic rings. The van der Waals surface area contributed by atoms with Crippen LogP contribution in [0.25, 0.3) is 0 Å². The molecule has 0 bridgehead atoms. The molecule has 0 aliphatic rings. The summed E-state index contributed by atoms with van der Waals surface area (Å²) in [6.07, 6.45) is 1.72. The molecule has 2 rings (SSSR count). The Balaban J connectivity index is 2.32. The van der Waals surface area contributed by atoms with Gasteiger partial charge in [-0.1, -0.05) is 0 Å². The zero-order chi connectivity index (χ0) is 12.4. The Bertz CT molecular complexity index is 536. The summed E-state index contributed by atoms with van der Waals surface area (Å²) in [6, 6.07) is 0. The van der Waals surface area contributed by atoms with Gasteiger partial charge in [0.25, 0.3) is 0 Å². The average molecular weight is 251 g/mol. The highest BCUT2D eigenvalue weighted by Crippen LogP contribution is 2.27. The van der Waals surface area contributed by atoms with E-state index in [2.05, 4.69) is 25.6 Å². The third kappa shape index (κ3) is 2.37. The molecular weight excluding hydrogens is 238 g/mol. The Kier molecular flexibility index (Phi) is 3.25. The molecule has 2 aromatic heterocycles. The first-order valence-corrected chi connectivity index (χ1v) is 5.77. The minimum atomic E-state index is 0.386. The Morgan fingerprint density at radius 1 is 1.35 bits per heavy atom. The third-order valence-electron chi connectivity index (χ3n) is 2.29. The molecule has 17 heavy (non-hydrogen) atoms. The van der Waals surface area contributed by atoms with Crippen LogP contribution in [-0.4, -0.2) is 24.7 Å². The maximum Gasteiger partial charge on any atom is 0.238 e. The fraction of sp³-hybridized carbons (Fsp3) is 0.333. The molecule has 0 saturated carbocycles. The number of nitrogen functional groups attached to an aromatic ring is 1. The summed E-state index contributed by atoms with van der Waals surface area (Å²) in [5, 5.41) is 9.66. The van der Waals surface area contributed by atoms with E-state index in [0.717, 1.165) is 21.6 Å². The number of rotatable bonds is 3. The highest BCUT2D eigenvalue weighted by Gasteiger charge is 2.11. The van der Waals surface area contributed by atoms with Crippen LogP contribution in [-0.2, 0) is 7.05 Å². The number of aryl methyl sites for hydroxylation is 2. The quantitative estimate of drug-likeness (QED) is 0.470. The van der Waals surface area contributed by atoms with E-state index in [1.165, 1.54) is 11.8 Å². The van der Waals surface area contributed by atoms with Crippen molar-refractivity contribution in [3.63, 3.8) is 0 Å². The van der Waals surface area contributed by atoms with Gasteiger partial charge in [0.05, 0.1) is 0 Å². The van der Waals surface area contributed by atoms with Crippen LogP contribution in [0, 0.1) is 13.8 Å². The van der Waals surface area contributed by atoms with Crippen molar-refractivity contribution in [2.75, 3.05) is 5.43 Å². The van der Waals surface area contributed by atoms with Gasteiger partial charge in [-0.05, 0) is 25.6 Å². The minimum Gasteiger partial charge on any atom is -0.309 e. The number of nitrogens with zero attached hydrogens (tertiary/aromatic N) is 5.